The average molecular weight is 346 g/mol. The Morgan fingerprint density at radius 3 is 3.08 bits per heavy atom. The van der Waals surface area contributed by atoms with Crippen LogP contribution in [0.4, 0.5) is 0 Å². The summed E-state index contributed by atoms with van der Waals surface area (Å²) in [6.07, 6.45) is 1.95. The molecular formula is C17H22N4O2S. The Bertz CT molecular complexity index is 675. The second kappa shape index (κ2) is 7.83. The molecular weight excluding hydrogens is 324 g/mol. The Labute approximate surface area is 146 Å². The van der Waals surface area contributed by atoms with Crippen molar-refractivity contribution in [2.24, 2.45) is 0 Å². The minimum Gasteiger partial charge on any atom is -0.367 e. The summed E-state index contributed by atoms with van der Waals surface area (Å²) in [5.41, 5.74) is 2.02. The molecule has 24 heavy (non-hydrogen) atoms. The highest BCUT2D eigenvalue weighted by atomic mass is 32.1. The third-order valence-electron chi connectivity index (χ3n) is 3.85. The first kappa shape index (κ1) is 17.0. The van der Waals surface area contributed by atoms with Crippen molar-refractivity contribution in [3.05, 3.63) is 46.2 Å². The van der Waals surface area contributed by atoms with Gasteiger partial charge in [0.2, 0.25) is 5.91 Å². The maximum absolute atomic E-state index is 12.5. The van der Waals surface area contributed by atoms with Crippen molar-refractivity contribution in [3.8, 4) is 0 Å². The lowest BCUT2D eigenvalue weighted by molar-refractivity contribution is -0.138. The smallest absolute Gasteiger partial charge is 0.227 e. The van der Waals surface area contributed by atoms with Crippen LogP contribution in [0.25, 0.3) is 0 Å². The monoisotopic (exact) mass is 346 g/mol. The summed E-state index contributed by atoms with van der Waals surface area (Å²) < 4.78 is 5.81. The van der Waals surface area contributed by atoms with Gasteiger partial charge >= 0.3 is 0 Å². The molecule has 0 spiro atoms. The molecule has 0 N–H and O–H groups in total. The summed E-state index contributed by atoms with van der Waals surface area (Å²) in [6.45, 7) is 2.40. The SMILES string of the molecule is CN(C)Cc1ccnc(C2CN(C(=O)Cc3ccsc3)CCO2)n1. The fourth-order valence-electron chi connectivity index (χ4n) is 2.69. The van der Waals surface area contributed by atoms with Crippen molar-refractivity contribution in [1.29, 1.82) is 0 Å². The van der Waals surface area contributed by atoms with E-state index in [0.29, 0.717) is 31.9 Å². The minimum atomic E-state index is -0.257. The van der Waals surface area contributed by atoms with Crippen LogP contribution >= 0.6 is 11.3 Å². The van der Waals surface area contributed by atoms with Crippen LogP contribution in [0.1, 0.15) is 23.2 Å². The molecule has 1 aliphatic rings. The second-order valence-corrected chi connectivity index (χ2v) is 6.93. The average Bonchev–Trinajstić information content (AvgIpc) is 3.07. The highest BCUT2D eigenvalue weighted by molar-refractivity contribution is 7.07. The number of nitrogens with zero attached hydrogens (tertiary/aromatic N) is 4. The zero-order chi connectivity index (χ0) is 16.9. The number of carbonyl (C=O) groups excluding carboxylic acids is 1. The van der Waals surface area contributed by atoms with Crippen LogP contribution in [0.2, 0.25) is 0 Å². The Morgan fingerprint density at radius 2 is 2.33 bits per heavy atom. The number of amides is 1. The summed E-state index contributed by atoms with van der Waals surface area (Å²) in [6, 6.07) is 3.90. The number of hydrogen-bond acceptors (Lipinski definition) is 6. The zero-order valence-corrected chi connectivity index (χ0v) is 14.8. The van der Waals surface area contributed by atoms with Crippen molar-refractivity contribution in [2.45, 2.75) is 19.1 Å². The molecule has 7 heteroatoms. The number of thiophene rings is 1. The van der Waals surface area contributed by atoms with E-state index in [4.69, 9.17) is 4.74 Å². The van der Waals surface area contributed by atoms with Crippen LogP contribution in [-0.4, -0.2) is 59.5 Å². The van der Waals surface area contributed by atoms with Gasteiger partial charge in [0.25, 0.3) is 0 Å². The minimum absolute atomic E-state index is 0.131. The second-order valence-electron chi connectivity index (χ2n) is 6.15. The number of carbonyl (C=O) groups is 1. The maximum atomic E-state index is 12.5. The fraction of sp³-hybridized carbons (Fsp3) is 0.471. The first-order chi connectivity index (χ1) is 11.6. The van der Waals surface area contributed by atoms with Crippen LogP contribution < -0.4 is 0 Å². The molecule has 0 aromatic carbocycles. The largest absolute Gasteiger partial charge is 0.367 e. The standard InChI is InChI=1S/C17H22N4O2S/c1-20(2)10-14-3-5-18-17(19-14)15-11-21(6-7-23-15)16(22)9-13-4-8-24-12-13/h3-5,8,12,15H,6-7,9-11H2,1-2H3. The fourth-order valence-corrected chi connectivity index (χ4v) is 3.36. The lowest BCUT2D eigenvalue weighted by Gasteiger charge is -2.32. The van der Waals surface area contributed by atoms with Gasteiger partial charge in [-0.2, -0.15) is 11.3 Å². The van der Waals surface area contributed by atoms with Gasteiger partial charge < -0.3 is 14.5 Å². The van der Waals surface area contributed by atoms with E-state index >= 15 is 0 Å². The Hall–Kier alpha value is -1.83. The van der Waals surface area contributed by atoms with Gasteiger partial charge in [-0.05, 0) is 42.6 Å². The molecule has 0 radical (unpaired) electrons. The normalized spacial score (nSPS) is 18.1. The molecule has 2 aromatic rings. The first-order valence-electron chi connectivity index (χ1n) is 7.99. The van der Waals surface area contributed by atoms with Gasteiger partial charge in [-0.15, -0.1) is 0 Å². The summed E-state index contributed by atoms with van der Waals surface area (Å²) in [5, 5.41) is 4.01. The van der Waals surface area contributed by atoms with E-state index in [1.54, 1.807) is 17.5 Å². The van der Waals surface area contributed by atoms with Crippen molar-refractivity contribution < 1.29 is 9.53 Å². The van der Waals surface area contributed by atoms with Gasteiger partial charge in [-0.25, -0.2) is 9.97 Å². The van der Waals surface area contributed by atoms with E-state index in [-0.39, 0.29) is 12.0 Å². The molecule has 1 amide bonds. The van der Waals surface area contributed by atoms with E-state index < -0.39 is 0 Å². The molecule has 1 aliphatic heterocycles. The van der Waals surface area contributed by atoms with E-state index in [0.717, 1.165) is 17.8 Å². The predicted octanol–water partition coefficient (Wildman–Crippen LogP) is 1.74. The number of aromatic nitrogens is 2. The number of morpholine rings is 1. The summed E-state index contributed by atoms with van der Waals surface area (Å²) >= 11 is 1.61. The van der Waals surface area contributed by atoms with Crippen LogP contribution in [0.15, 0.2) is 29.1 Å². The van der Waals surface area contributed by atoms with Crippen molar-refractivity contribution in [1.82, 2.24) is 19.8 Å². The third-order valence-corrected chi connectivity index (χ3v) is 4.58. The molecule has 1 fully saturated rings. The molecule has 0 bridgehead atoms. The first-order valence-corrected chi connectivity index (χ1v) is 8.93. The number of rotatable bonds is 5. The molecule has 1 atom stereocenters. The molecule has 3 heterocycles. The molecule has 0 saturated carbocycles. The van der Waals surface area contributed by atoms with Crippen molar-refractivity contribution in [2.75, 3.05) is 33.8 Å². The number of hydrogen-bond donors (Lipinski definition) is 0. The highest BCUT2D eigenvalue weighted by Crippen LogP contribution is 2.20. The lowest BCUT2D eigenvalue weighted by Crippen LogP contribution is -2.43. The molecule has 3 rings (SSSR count). The van der Waals surface area contributed by atoms with Crippen LogP contribution in [0.3, 0.4) is 0 Å². The Kier molecular flexibility index (Phi) is 5.55. The van der Waals surface area contributed by atoms with Crippen molar-refractivity contribution in [3.63, 3.8) is 0 Å². The molecule has 128 valence electrons. The maximum Gasteiger partial charge on any atom is 0.227 e. The van der Waals surface area contributed by atoms with E-state index in [1.807, 2.05) is 41.9 Å². The molecule has 1 unspecified atom stereocenters. The van der Waals surface area contributed by atoms with Crippen molar-refractivity contribution >= 4 is 17.2 Å². The molecule has 1 saturated heterocycles. The molecule has 2 aromatic heterocycles. The zero-order valence-electron chi connectivity index (χ0n) is 14.0. The van der Waals surface area contributed by atoms with Crippen LogP contribution in [-0.2, 0) is 22.5 Å². The summed E-state index contributed by atoms with van der Waals surface area (Å²) in [4.78, 5) is 25.3. The third kappa shape index (κ3) is 4.37. The van der Waals surface area contributed by atoms with E-state index in [1.165, 1.54) is 0 Å². The Balaban J connectivity index is 1.65. The van der Waals surface area contributed by atoms with Gasteiger partial charge in [0.1, 0.15) is 6.10 Å². The molecule has 6 nitrogen and oxygen atoms in total. The predicted molar refractivity (Wildman–Crippen MR) is 92.7 cm³/mol. The topological polar surface area (TPSA) is 58.6 Å². The van der Waals surface area contributed by atoms with E-state index in [2.05, 4.69) is 14.9 Å². The van der Waals surface area contributed by atoms with E-state index in [9.17, 15) is 4.79 Å². The Morgan fingerprint density at radius 1 is 1.46 bits per heavy atom. The lowest BCUT2D eigenvalue weighted by atomic mass is 10.2. The van der Waals surface area contributed by atoms with Crippen LogP contribution in [0.5, 0.6) is 0 Å². The quantitative estimate of drug-likeness (QED) is 0.825. The van der Waals surface area contributed by atoms with Gasteiger partial charge in [-0.1, -0.05) is 0 Å². The molecule has 0 aliphatic carbocycles. The van der Waals surface area contributed by atoms with Gasteiger partial charge in [0, 0.05) is 19.3 Å². The summed E-state index contributed by atoms with van der Waals surface area (Å²) in [5.74, 6) is 0.786. The van der Waals surface area contributed by atoms with Gasteiger partial charge in [0.15, 0.2) is 5.82 Å². The summed E-state index contributed by atoms with van der Waals surface area (Å²) in [7, 11) is 4.01. The van der Waals surface area contributed by atoms with Gasteiger partial charge in [0.05, 0.1) is 25.3 Å². The number of ether oxygens (including phenoxy) is 1. The van der Waals surface area contributed by atoms with Crippen LogP contribution in [0, 0.1) is 0 Å². The highest BCUT2D eigenvalue weighted by Gasteiger charge is 2.27. The van der Waals surface area contributed by atoms with Gasteiger partial charge in [-0.3, -0.25) is 4.79 Å².